The first-order valence-corrected chi connectivity index (χ1v) is 9.00. The molecule has 148 valence electrons. The van der Waals surface area contributed by atoms with Crippen molar-refractivity contribution in [2.45, 2.75) is 13.5 Å². The minimum Gasteiger partial charge on any atom is -0.496 e. The molecule has 0 spiro atoms. The summed E-state index contributed by atoms with van der Waals surface area (Å²) in [6, 6.07) is 15.9. The van der Waals surface area contributed by atoms with Crippen LogP contribution >= 0.6 is 0 Å². The number of methoxy groups -OCH3 is 1. The van der Waals surface area contributed by atoms with Crippen LogP contribution in [0.2, 0.25) is 0 Å². The summed E-state index contributed by atoms with van der Waals surface area (Å²) in [7, 11) is 1.52. The van der Waals surface area contributed by atoms with Gasteiger partial charge in [-0.1, -0.05) is 35.9 Å². The molecule has 0 heterocycles. The standard InChI is InChI=1S/C24H20F2O3/c1-16-4-3-5-18(12-16)22(27)9-6-17-7-10-23(28-2)19(13-17)15-29-24-11-8-20(25)14-21(24)26/h3-14H,15H2,1-2H3/b9-6+. The van der Waals surface area contributed by atoms with Gasteiger partial charge in [0, 0.05) is 17.2 Å². The molecule has 5 heteroatoms. The van der Waals surface area contributed by atoms with Gasteiger partial charge in [0.1, 0.15) is 18.2 Å². The van der Waals surface area contributed by atoms with Crippen molar-refractivity contribution in [3.63, 3.8) is 0 Å². The zero-order chi connectivity index (χ0) is 20.8. The van der Waals surface area contributed by atoms with E-state index >= 15 is 0 Å². The first-order chi connectivity index (χ1) is 14.0. The molecule has 0 aliphatic rings. The number of hydrogen-bond donors (Lipinski definition) is 0. The number of hydrogen-bond acceptors (Lipinski definition) is 3. The van der Waals surface area contributed by atoms with Gasteiger partial charge < -0.3 is 9.47 Å². The lowest BCUT2D eigenvalue weighted by Gasteiger charge is -2.12. The Labute approximate surface area is 168 Å². The summed E-state index contributed by atoms with van der Waals surface area (Å²) in [6.07, 6.45) is 3.20. The lowest BCUT2D eigenvalue weighted by Crippen LogP contribution is -2.01. The van der Waals surface area contributed by atoms with Crippen LogP contribution in [-0.2, 0) is 6.61 Å². The molecule has 0 unspecified atom stereocenters. The maximum absolute atomic E-state index is 13.8. The average molecular weight is 394 g/mol. The second-order valence-corrected chi connectivity index (χ2v) is 6.50. The molecule has 3 aromatic rings. The monoisotopic (exact) mass is 394 g/mol. The third-order valence-corrected chi connectivity index (χ3v) is 4.31. The normalized spacial score (nSPS) is 10.9. The quantitative estimate of drug-likeness (QED) is 0.378. The summed E-state index contributed by atoms with van der Waals surface area (Å²) >= 11 is 0. The number of ketones is 1. The number of ether oxygens (including phenoxy) is 2. The third kappa shape index (κ3) is 5.29. The van der Waals surface area contributed by atoms with Gasteiger partial charge in [-0.25, -0.2) is 8.78 Å². The number of benzene rings is 3. The predicted molar refractivity (Wildman–Crippen MR) is 108 cm³/mol. The van der Waals surface area contributed by atoms with E-state index in [2.05, 4.69) is 0 Å². The molecule has 29 heavy (non-hydrogen) atoms. The maximum atomic E-state index is 13.8. The average Bonchev–Trinajstić information content (AvgIpc) is 2.71. The summed E-state index contributed by atoms with van der Waals surface area (Å²) in [5.41, 5.74) is 3.07. The maximum Gasteiger partial charge on any atom is 0.185 e. The van der Waals surface area contributed by atoms with Crippen molar-refractivity contribution in [2.75, 3.05) is 7.11 Å². The number of halogens is 2. The Bertz CT molecular complexity index is 1060. The molecule has 0 aromatic heterocycles. The Kier molecular flexibility index (Phi) is 6.39. The van der Waals surface area contributed by atoms with Crippen LogP contribution in [0.5, 0.6) is 11.5 Å². The van der Waals surface area contributed by atoms with E-state index in [1.807, 2.05) is 25.1 Å². The fraction of sp³-hybridized carbons (Fsp3) is 0.125. The Morgan fingerprint density at radius 1 is 1.00 bits per heavy atom. The Balaban J connectivity index is 1.76. The van der Waals surface area contributed by atoms with Gasteiger partial charge in [-0.2, -0.15) is 0 Å². The van der Waals surface area contributed by atoms with E-state index in [9.17, 15) is 13.6 Å². The topological polar surface area (TPSA) is 35.5 Å². The molecule has 0 fully saturated rings. The highest BCUT2D eigenvalue weighted by molar-refractivity contribution is 6.06. The number of rotatable bonds is 7. The van der Waals surface area contributed by atoms with Crippen molar-refractivity contribution in [1.82, 2.24) is 0 Å². The molecule has 3 aromatic carbocycles. The van der Waals surface area contributed by atoms with Crippen LogP contribution in [0.1, 0.15) is 27.0 Å². The van der Waals surface area contributed by atoms with Crippen LogP contribution in [0, 0.1) is 18.6 Å². The summed E-state index contributed by atoms with van der Waals surface area (Å²) in [5.74, 6) is -1.03. The van der Waals surface area contributed by atoms with Crippen LogP contribution in [0.4, 0.5) is 8.78 Å². The van der Waals surface area contributed by atoms with Gasteiger partial charge in [0.25, 0.3) is 0 Å². The van der Waals surface area contributed by atoms with Gasteiger partial charge in [-0.3, -0.25) is 4.79 Å². The zero-order valence-corrected chi connectivity index (χ0v) is 16.1. The highest BCUT2D eigenvalue weighted by atomic mass is 19.1. The second-order valence-electron chi connectivity index (χ2n) is 6.50. The number of carbonyl (C=O) groups excluding carboxylic acids is 1. The van der Waals surface area contributed by atoms with Gasteiger partial charge in [0.2, 0.25) is 0 Å². The van der Waals surface area contributed by atoms with Crippen LogP contribution in [0.3, 0.4) is 0 Å². The molecule has 0 radical (unpaired) electrons. The summed E-state index contributed by atoms with van der Waals surface area (Å²) in [5, 5.41) is 0. The van der Waals surface area contributed by atoms with Crippen LogP contribution in [0.15, 0.2) is 66.7 Å². The van der Waals surface area contributed by atoms with Crippen molar-refractivity contribution < 1.29 is 23.0 Å². The second kappa shape index (κ2) is 9.15. The Morgan fingerprint density at radius 3 is 2.52 bits per heavy atom. The number of allylic oxidation sites excluding steroid dienone is 1. The minimum atomic E-state index is -0.774. The molecule has 0 aliphatic heterocycles. The minimum absolute atomic E-state index is 0.0270. The fourth-order valence-corrected chi connectivity index (χ4v) is 2.83. The number of carbonyl (C=O) groups is 1. The van der Waals surface area contributed by atoms with Crippen molar-refractivity contribution in [1.29, 1.82) is 0 Å². The first-order valence-electron chi connectivity index (χ1n) is 9.00. The molecule has 0 N–H and O–H groups in total. The van der Waals surface area contributed by atoms with E-state index in [1.54, 1.807) is 30.3 Å². The SMILES string of the molecule is COc1ccc(/C=C/C(=O)c2cccc(C)c2)cc1COc1ccc(F)cc1F. The van der Waals surface area contributed by atoms with Gasteiger partial charge in [0.05, 0.1) is 7.11 Å². The Morgan fingerprint density at radius 2 is 1.79 bits per heavy atom. The summed E-state index contributed by atoms with van der Waals surface area (Å²) in [4.78, 5) is 12.3. The molecule has 0 saturated heterocycles. The molecular weight excluding hydrogens is 374 g/mol. The highest BCUT2D eigenvalue weighted by Crippen LogP contribution is 2.24. The van der Waals surface area contributed by atoms with Crippen molar-refractivity contribution in [3.8, 4) is 11.5 Å². The zero-order valence-electron chi connectivity index (χ0n) is 16.1. The van der Waals surface area contributed by atoms with E-state index in [1.165, 1.54) is 19.3 Å². The number of aryl methyl sites for hydroxylation is 1. The van der Waals surface area contributed by atoms with Crippen molar-refractivity contribution in [3.05, 3.63) is 101 Å². The first kappa shape index (κ1) is 20.3. The van der Waals surface area contributed by atoms with Gasteiger partial charge in [-0.05, 0) is 48.9 Å². The fourth-order valence-electron chi connectivity index (χ4n) is 2.83. The largest absolute Gasteiger partial charge is 0.496 e. The van der Waals surface area contributed by atoms with Crippen molar-refractivity contribution >= 4 is 11.9 Å². The smallest absolute Gasteiger partial charge is 0.185 e. The molecule has 0 amide bonds. The van der Waals surface area contributed by atoms with Gasteiger partial charge >= 0.3 is 0 Å². The van der Waals surface area contributed by atoms with Crippen LogP contribution in [0.25, 0.3) is 6.08 Å². The van der Waals surface area contributed by atoms with Gasteiger partial charge in [0.15, 0.2) is 17.3 Å². The van der Waals surface area contributed by atoms with E-state index in [0.717, 1.165) is 23.3 Å². The molecular formula is C24H20F2O3. The lowest BCUT2D eigenvalue weighted by molar-refractivity contribution is 0.104. The molecule has 3 nitrogen and oxygen atoms in total. The van der Waals surface area contributed by atoms with Crippen molar-refractivity contribution in [2.24, 2.45) is 0 Å². The van der Waals surface area contributed by atoms with E-state index in [-0.39, 0.29) is 18.1 Å². The lowest BCUT2D eigenvalue weighted by atomic mass is 10.1. The molecule has 3 rings (SSSR count). The molecule has 0 aliphatic carbocycles. The van der Waals surface area contributed by atoms with E-state index < -0.39 is 11.6 Å². The van der Waals surface area contributed by atoms with E-state index in [4.69, 9.17) is 9.47 Å². The predicted octanol–water partition coefficient (Wildman–Crippen LogP) is 5.76. The third-order valence-electron chi connectivity index (χ3n) is 4.31. The molecule has 0 bridgehead atoms. The highest BCUT2D eigenvalue weighted by Gasteiger charge is 2.09. The van der Waals surface area contributed by atoms with Gasteiger partial charge in [-0.15, -0.1) is 0 Å². The summed E-state index contributed by atoms with van der Waals surface area (Å²) in [6.45, 7) is 1.96. The Hall–Kier alpha value is -3.47. The van der Waals surface area contributed by atoms with Crippen LogP contribution < -0.4 is 9.47 Å². The van der Waals surface area contributed by atoms with Crippen LogP contribution in [-0.4, -0.2) is 12.9 Å². The molecule has 0 atom stereocenters. The summed E-state index contributed by atoms with van der Waals surface area (Å²) < 4.78 is 37.6. The van der Waals surface area contributed by atoms with E-state index in [0.29, 0.717) is 16.9 Å². The molecule has 0 saturated carbocycles.